The fraction of sp³-hybridized carbons (Fsp3) is 0. The van der Waals surface area contributed by atoms with E-state index in [1.807, 2.05) is 24.4 Å². The van der Waals surface area contributed by atoms with E-state index in [9.17, 15) is 0 Å². The molecular formula is C8H7BNO2. The second-order valence-electron chi connectivity index (χ2n) is 2.42. The number of nitrogens with one attached hydrogen (secondary N) is 1. The first kappa shape index (κ1) is 7.25. The number of aromatic nitrogens is 1. The molecule has 0 amide bonds. The van der Waals surface area contributed by atoms with E-state index in [1.165, 1.54) is 0 Å². The van der Waals surface area contributed by atoms with Gasteiger partial charge in [-0.25, -0.2) is 0 Å². The minimum atomic E-state index is 0.649. The Kier molecular flexibility index (Phi) is 1.76. The lowest BCUT2D eigenvalue weighted by Crippen LogP contribution is -1.99. The highest BCUT2D eigenvalue weighted by Gasteiger charge is 2.01. The van der Waals surface area contributed by atoms with Crippen LogP contribution in [-0.2, 0) is 0 Å². The van der Waals surface area contributed by atoms with Gasteiger partial charge in [-0.05, 0) is 18.2 Å². The van der Waals surface area contributed by atoms with E-state index in [4.69, 9.17) is 9.68 Å². The van der Waals surface area contributed by atoms with Gasteiger partial charge in [-0.1, -0.05) is 6.07 Å². The lowest BCUT2D eigenvalue weighted by Gasteiger charge is -2.01. The van der Waals surface area contributed by atoms with Crippen molar-refractivity contribution in [3.8, 4) is 5.75 Å². The van der Waals surface area contributed by atoms with Crippen molar-refractivity contribution >= 4 is 18.6 Å². The third-order valence-corrected chi connectivity index (χ3v) is 1.73. The Morgan fingerprint density at radius 1 is 1.33 bits per heavy atom. The first-order chi connectivity index (χ1) is 5.92. The predicted molar refractivity (Wildman–Crippen MR) is 46.9 cm³/mol. The summed E-state index contributed by atoms with van der Waals surface area (Å²) in [7, 11) is 0.682. The molecule has 0 atom stereocenters. The summed E-state index contributed by atoms with van der Waals surface area (Å²) in [4.78, 5) is 3.04. The topological polar surface area (TPSA) is 45.2 Å². The Morgan fingerprint density at radius 2 is 2.25 bits per heavy atom. The molecule has 1 heterocycles. The molecule has 0 spiro atoms. The zero-order valence-corrected chi connectivity index (χ0v) is 6.32. The van der Waals surface area contributed by atoms with Crippen LogP contribution in [0.2, 0.25) is 0 Å². The number of H-pyrrole nitrogens is 1. The smallest absolute Gasteiger partial charge is 0.537 e. The van der Waals surface area contributed by atoms with Gasteiger partial charge in [0.25, 0.3) is 0 Å². The van der Waals surface area contributed by atoms with E-state index < -0.39 is 0 Å². The normalized spacial score (nSPS) is 10.1. The van der Waals surface area contributed by atoms with Crippen LogP contribution in [0, 0.1) is 0 Å². The van der Waals surface area contributed by atoms with Crippen molar-refractivity contribution in [2.75, 3.05) is 0 Å². The zero-order valence-electron chi connectivity index (χ0n) is 6.32. The molecule has 59 valence electrons. The van der Waals surface area contributed by atoms with Gasteiger partial charge in [0.1, 0.15) is 5.75 Å². The quantitative estimate of drug-likeness (QED) is 0.645. The van der Waals surface area contributed by atoms with Gasteiger partial charge in [-0.3, -0.25) is 0 Å². The number of aromatic amines is 1. The minimum Gasteiger partial charge on any atom is -0.537 e. The standard InChI is InChI=1S/C8H7BNO2/c11-9-12-8-3-1-2-7-6(8)4-5-10-7/h1-5,10-11H. The molecule has 0 aliphatic rings. The summed E-state index contributed by atoms with van der Waals surface area (Å²) in [6.07, 6.45) is 1.83. The van der Waals surface area contributed by atoms with Gasteiger partial charge in [-0.15, -0.1) is 0 Å². The summed E-state index contributed by atoms with van der Waals surface area (Å²) in [5.41, 5.74) is 0.995. The van der Waals surface area contributed by atoms with Gasteiger partial charge in [0.15, 0.2) is 0 Å². The molecule has 2 N–H and O–H groups in total. The molecule has 1 aromatic carbocycles. The SMILES string of the molecule is O[B]Oc1cccc2[nH]ccc12. The van der Waals surface area contributed by atoms with Crippen LogP contribution in [0.25, 0.3) is 10.9 Å². The van der Waals surface area contributed by atoms with Crippen LogP contribution in [0.5, 0.6) is 5.75 Å². The van der Waals surface area contributed by atoms with Crippen molar-refractivity contribution in [3.63, 3.8) is 0 Å². The van der Waals surface area contributed by atoms with E-state index in [0.29, 0.717) is 13.4 Å². The van der Waals surface area contributed by atoms with Gasteiger partial charge < -0.3 is 14.7 Å². The number of hydrogen-bond acceptors (Lipinski definition) is 2. The zero-order chi connectivity index (χ0) is 8.39. The van der Waals surface area contributed by atoms with Crippen molar-refractivity contribution in [3.05, 3.63) is 30.5 Å². The van der Waals surface area contributed by atoms with E-state index >= 15 is 0 Å². The van der Waals surface area contributed by atoms with Crippen LogP contribution in [0.3, 0.4) is 0 Å². The predicted octanol–water partition coefficient (Wildman–Crippen LogP) is 1.07. The highest BCUT2D eigenvalue weighted by molar-refractivity contribution is 6.18. The molecule has 0 unspecified atom stereocenters. The summed E-state index contributed by atoms with van der Waals surface area (Å²) in [5, 5.41) is 9.42. The second-order valence-corrected chi connectivity index (χ2v) is 2.42. The molecule has 4 heteroatoms. The van der Waals surface area contributed by atoms with Crippen molar-refractivity contribution in [2.24, 2.45) is 0 Å². The summed E-state index contributed by atoms with van der Waals surface area (Å²) in [6.45, 7) is 0. The van der Waals surface area contributed by atoms with E-state index in [1.54, 1.807) is 6.07 Å². The third kappa shape index (κ3) is 1.06. The molecule has 2 rings (SSSR count). The molecule has 1 radical (unpaired) electrons. The summed E-state index contributed by atoms with van der Waals surface area (Å²) in [5.74, 6) is 0.649. The molecule has 0 saturated heterocycles. The summed E-state index contributed by atoms with van der Waals surface area (Å²) in [6, 6.07) is 7.49. The average Bonchev–Trinajstić information content (AvgIpc) is 2.53. The van der Waals surface area contributed by atoms with Crippen LogP contribution in [0.4, 0.5) is 0 Å². The highest BCUT2D eigenvalue weighted by Crippen LogP contribution is 2.23. The molecule has 12 heavy (non-hydrogen) atoms. The van der Waals surface area contributed by atoms with Crippen LogP contribution in [0.15, 0.2) is 30.5 Å². The van der Waals surface area contributed by atoms with Gasteiger partial charge in [0, 0.05) is 17.1 Å². The van der Waals surface area contributed by atoms with Crippen LogP contribution in [-0.4, -0.2) is 17.7 Å². The maximum Gasteiger partial charge on any atom is 0.569 e. The van der Waals surface area contributed by atoms with Crippen LogP contribution in [0.1, 0.15) is 0 Å². The fourth-order valence-electron chi connectivity index (χ4n) is 1.22. The second kappa shape index (κ2) is 2.91. The van der Waals surface area contributed by atoms with E-state index in [-0.39, 0.29) is 0 Å². The number of fused-ring (bicyclic) bond motifs is 1. The lowest BCUT2D eigenvalue weighted by molar-refractivity contribution is 0.457. The van der Waals surface area contributed by atoms with Crippen LogP contribution < -0.4 is 4.65 Å². The molecule has 0 saturated carbocycles. The Morgan fingerprint density at radius 3 is 3.08 bits per heavy atom. The van der Waals surface area contributed by atoms with E-state index in [2.05, 4.69) is 4.98 Å². The van der Waals surface area contributed by atoms with E-state index in [0.717, 1.165) is 10.9 Å². The van der Waals surface area contributed by atoms with Gasteiger partial charge in [0.05, 0.1) is 0 Å². The van der Waals surface area contributed by atoms with Crippen molar-refractivity contribution in [1.29, 1.82) is 0 Å². The first-order valence-corrected chi connectivity index (χ1v) is 3.60. The minimum absolute atomic E-state index is 0.649. The fourth-order valence-corrected chi connectivity index (χ4v) is 1.22. The molecular weight excluding hydrogens is 153 g/mol. The van der Waals surface area contributed by atoms with Gasteiger partial charge in [0.2, 0.25) is 0 Å². The monoisotopic (exact) mass is 160 g/mol. The molecule has 2 aromatic rings. The molecule has 3 nitrogen and oxygen atoms in total. The Labute approximate surface area is 70.3 Å². The van der Waals surface area contributed by atoms with Crippen molar-refractivity contribution < 1.29 is 9.68 Å². The van der Waals surface area contributed by atoms with Crippen molar-refractivity contribution in [2.45, 2.75) is 0 Å². The Hall–Kier alpha value is -1.42. The molecule has 1 aromatic heterocycles. The van der Waals surface area contributed by atoms with Crippen LogP contribution >= 0.6 is 0 Å². The first-order valence-electron chi connectivity index (χ1n) is 3.60. The average molecular weight is 160 g/mol. The third-order valence-electron chi connectivity index (χ3n) is 1.73. The maximum atomic E-state index is 8.46. The molecule has 0 aliphatic carbocycles. The Bertz CT molecular complexity index is 385. The largest absolute Gasteiger partial charge is 0.569 e. The summed E-state index contributed by atoms with van der Waals surface area (Å²) >= 11 is 0. The number of hydrogen-bond donors (Lipinski definition) is 2. The molecule has 0 aliphatic heterocycles. The number of rotatable bonds is 2. The van der Waals surface area contributed by atoms with Crippen molar-refractivity contribution in [1.82, 2.24) is 4.98 Å². The molecule has 0 fully saturated rings. The highest BCUT2D eigenvalue weighted by atomic mass is 16.5. The Balaban J connectivity index is 2.57. The maximum absolute atomic E-state index is 8.46. The lowest BCUT2D eigenvalue weighted by atomic mass is 10.2. The van der Waals surface area contributed by atoms with Gasteiger partial charge >= 0.3 is 7.69 Å². The molecule has 0 bridgehead atoms. The summed E-state index contributed by atoms with van der Waals surface area (Å²) < 4.78 is 4.89. The van der Waals surface area contributed by atoms with Gasteiger partial charge in [-0.2, -0.15) is 0 Å². The number of benzene rings is 1.